The Morgan fingerprint density at radius 3 is 2.52 bits per heavy atom. The summed E-state index contributed by atoms with van der Waals surface area (Å²) < 4.78 is 30.8. The summed E-state index contributed by atoms with van der Waals surface area (Å²) in [6.07, 6.45) is 1.94. The first kappa shape index (κ1) is 21.1. The number of carbonyl (C=O) groups is 1. The minimum atomic E-state index is -3.79. The molecule has 0 unspecified atom stereocenters. The van der Waals surface area contributed by atoms with Gasteiger partial charge in [-0.1, -0.05) is 41.9 Å². The third kappa shape index (κ3) is 4.35. The van der Waals surface area contributed by atoms with Crippen LogP contribution in [0.4, 0.5) is 5.69 Å². The lowest BCUT2D eigenvalue weighted by Crippen LogP contribution is -2.22. The molecule has 1 aliphatic carbocycles. The maximum atomic E-state index is 12.8. The van der Waals surface area contributed by atoms with Crippen molar-refractivity contribution in [2.45, 2.75) is 31.1 Å². The summed E-state index contributed by atoms with van der Waals surface area (Å²) in [4.78, 5) is 15.2. The van der Waals surface area contributed by atoms with Crippen LogP contribution in [0, 0.1) is 6.92 Å². The van der Waals surface area contributed by atoms with Gasteiger partial charge in [0.15, 0.2) is 5.76 Å². The SMILES string of the molecule is Cc1c(C(=O)Nc2ccccc2Cl)oc2c1/C(=N/NS(=O)(=O)c1ccccc1)CCC2. The van der Waals surface area contributed by atoms with E-state index in [0.29, 0.717) is 46.2 Å². The molecular formula is C22H20ClN3O4S. The smallest absolute Gasteiger partial charge is 0.291 e. The van der Waals surface area contributed by atoms with Gasteiger partial charge in [-0.05, 0) is 44.0 Å². The predicted molar refractivity (Wildman–Crippen MR) is 119 cm³/mol. The Kier molecular flexibility index (Phi) is 5.84. The average molecular weight is 458 g/mol. The van der Waals surface area contributed by atoms with Crippen LogP contribution in [0.5, 0.6) is 0 Å². The van der Waals surface area contributed by atoms with Crippen LogP contribution in [-0.4, -0.2) is 20.0 Å². The van der Waals surface area contributed by atoms with Crippen molar-refractivity contribution in [2.24, 2.45) is 5.10 Å². The third-order valence-electron chi connectivity index (χ3n) is 5.01. The quantitative estimate of drug-likeness (QED) is 0.550. The minimum absolute atomic E-state index is 0.124. The van der Waals surface area contributed by atoms with Crippen LogP contribution in [0.25, 0.3) is 0 Å². The zero-order valence-corrected chi connectivity index (χ0v) is 18.3. The van der Waals surface area contributed by atoms with Gasteiger partial charge in [0, 0.05) is 17.5 Å². The highest BCUT2D eigenvalue weighted by atomic mass is 35.5. The summed E-state index contributed by atoms with van der Waals surface area (Å²) in [7, 11) is -3.79. The molecule has 0 radical (unpaired) electrons. The lowest BCUT2D eigenvalue weighted by Gasteiger charge is -2.14. The van der Waals surface area contributed by atoms with Gasteiger partial charge >= 0.3 is 0 Å². The molecule has 0 aliphatic heterocycles. The van der Waals surface area contributed by atoms with Gasteiger partial charge in [0.05, 0.1) is 21.3 Å². The van der Waals surface area contributed by atoms with E-state index in [1.54, 1.807) is 49.4 Å². The fourth-order valence-corrected chi connectivity index (χ4v) is 4.54. The van der Waals surface area contributed by atoms with E-state index in [2.05, 4.69) is 15.2 Å². The number of benzene rings is 2. The molecule has 4 rings (SSSR count). The number of furan rings is 1. The molecule has 1 amide bonds. The predicted octanol–water partition coefficient (Wildman–Crippen LogP) is 4.51. The van der Waals surface area contributed by atoms with Crippen LogP contribution < -0.4 is 10.1 Å². The van der Waals surface area contributed by atoms with Crippen molar-refractivity contribution in [1.82, 2.24) is 4.83 Å². The summed E-state index contributed by atoms with van der Waals surface area (Å²) in [6.45, 7) is 1.76. The van der Waals surface area contributed by atoms with Gasteiger partial charge in [-0.3, -0.25) is 4.79 Å². The number of sulfonamides is 1. The van der Waals surface area contributed by atoms with E-state index in [9.17, 15) is 13.2 Å². The van der Waals surface area contributed by atoms with Crippen molar-refractivity contribution in [2.75, 3.05) is 5.32 Å². The zero-order chi connectivity index (χ0) is 22.0. The number of anilines is 1. The molecule has 1 aromatic heterocycles. The first-order chi connectivity index (χ1) is 14.9. The van der Waals surface area contributed by atoms with Gasteiger partial charge in [0.1, 0.15) is 5.76 Å². The molecule has 160 valence electrons. The Morgan fingerprint density at radius 2 is 1.77 bits per heavy atom. The van der Waals surface area contributed by atoms with E-state index in [-0.39, 0.29) is 10.7 Å². The van der Waals surface area contributed by atoms with Gasteiger partial charge in [0.2, 0.25) is 0 Å². The number of hydrogen-bond donors (Lipinski definition) is 2. The standard InChI is InChI=1S/C22H20ClN3O4S/c1-14-20-18(25-26-31(28,29)15-8-3-2-4-9-15)12-7-13-19(20)30-21(14)22(27)24-17-11-6-5-10-16(17)23/h2-6,8-11,26H,7,12-13H2,1H3,(H,24,27)/b25-18+. The topological polar surface area (TPSA) is 101 Å². The third-order valence-corrected chi connectivity index (χ3v) is 6.56. The first-order valence-corrected chi connectivity index (χ1v) is 11.5. The second kappa shape index (κ2) is 8.56. The minimum Gasteiger partial charge on any atom is -0.455 e. The number of fused-ring (bicyclic) bond motifs is 1. The van der Waals surface area contributed by atoms with E-state index in [4.69, 9.17) is 16.0 Å². The molecule has 0 bridgehead atoms. The van der Waals surface area contributed by atoms with Crippen molar-refractivity contribution in [3.63, 3.8) is 0 Å². The van der Waals surface area contributed by atoms with Crippen LogP contribution in [0.3, 0.4) is 0 Å². The van der Waals surface area contributed by atoms with Gasteiger partial charge in [-0.25, -0.2) is 0 Å². The largest absolute Gasteiger partial charge is 0.455 e. The molecule has 0 spiro atoms. The van der Waals surface area contributed by atoms with E-state index in [1.807, 2.05) is 0 Å². The lowest BCUT2D eigenvalue weighted by atomic mass is 9.93. The average Bonchev–Trinajstić information content (AvgIpc) is 3.12. The number of amides is 1. The molecule has 2 N–H and O–H groups in total. The van der Waals surface area contributed by atoms with E-state index < -0.39 is 15.9 Å². The Bertz CT molecular complexity index is 1270. The highest BCUT2D eigenvalue weighted by Gasteiger charge is 2.28. The number of rotatable bonds is 5. The maximum absolute atomic E-state index is 12.8. The molecule has 9 heteroatoms. The summed E-state index contributed by atoms with van der Waals surface area (Å²) >= 11 is 6.12. The fraction of sp³-hybridized carbons (Fsp3) is 0.182. The number of aryl methyl sites for hydroxylation is 1. The Labute approximate surface area is 185 Å². The van der Waals surface area contributed by atoms with Crippen molar-refractivity contribution in [1.29, 1.82) is 0 Å². The molecule has 0 fully saturated rings. The summed E-state index contributed by atoms with van der Waals surface area (Å²) in [5, 5.41) is 7.34. The molecule has 31 heavy (non-hydrogen) atoms. The fourth-order valence-electron chi connectivity index (χ4n) is 3.51. The van der Waals surface area contributed by atoms with E-state index in [0.717, 1.165) is 6.42 Å². The number of hydrazone groups is 1. The van der Waals surface area contributed by atoms with Crippen molar-refractivity contribution in [3.8, 4) is 0 Å². The van der Waals surface area contributed by atoms with Gasteiger partial charge in [-0.15, -0.1) is 0 Å². The van der Waals surface area contributed by atoms with Crippen LogP contribution in [0.2, 0.25) is 5.02 Å². The Hall–Kier alpha value is -3.10. The van der Waals surface area contributed by atoms with Crippen molar-refractivity contribution < 1.29 is 17.6 Å². The number of para-hydroxylation sites is 1. The molecular weight excluding hydrogens is 438 g/mol. The van der Waals surface area contributed by atoms with Crippen molar-refractivity contribution in [3.05, 3.63) is 82.3 Å². The number of nitrogens with zero attached hydrogens (tertiary/aromatic N) is 1. The van der Waals surface area contributed by atoms with Gasteiger partial charge in [-0.2, -0.15) is 18.4 Å². The van der Waals surface area contributed by atoms with Crippen molar-refractivity contribution >= 4 is 38.9 Å². The van der Waals surface area contributed by atoms with Gasteiger partial charge in [0.25, 0.3) is 15.9 Å². The molecule has 0 atom stereocenters. The monoisotopic (exact) mass is 457 g/mol. The van der Waals surface area contributed by atoms with E-state index >= 15 is 0 Å². The summed E-state index contributed by atoms with van der Waals surface area (Å²) in [5.74, 6) is 0.348. The number of halogens is 1. The molecule has 3 aromatic rings. The number of carbonyl (C=O) groups excluding carboxylic acids is 1. The summed E-state index contributed by atoms with van der Waals surface area (Å²) in [6, 6.07) is 14.9. The molecule has 2 aromatic carbocycles. The van der Waals surface area contributed by atoms with E-state index in [1.165, 1.54) is 12.1 Å². The van der Waals surface area contributed by atoms with Gasteiger partial charge < -0.3 is 9.73 Å². The highest BCUT2D eigenvalue weighted by Crippen LogP contribution is 2.31. The van der Waals surface area contributed by atoms with Crippen LogP contribution in [0.1, 0.15) is 40.3 Å². The Morgan fingerprint density at radius 1 is 1.06 bits per heavy atom. The lowest BCUT2D eigenvalue weighted by molar-refractivity contribution is 0.0994. The normalized spacial score (nSPS) is 14.8. The first-order valence-electron chi connectivity index (χ1n) is 9.69. The number of nitrogens with one attached hydrogen (secondary N) is 2. The molecule has 1 aliphatic rings. The number of hydrogen-bond acceptors (Lipinski definition) is 5. The zero-order valence-electron chi connectivity index (χ0n) is 16.7. The maximum Gasteiger partial charge on any atom is 0.291 e. The molecule has 0 saturated heterocycles. The molecule has 0 saturated carbocycles. The second-order valence-electron chi connectivity index (χ2n) is 7.11. The molecule has 1 heterocycles. The van der Waals surface area contributed by atoms with Crippen LogP contribution in [0.15, 0.2) is 69.0 Å². The summed E-state index contributed by atoms with van der Waals surface area (Å²) in [5.41, 5.74) is 2.30. The Balaban J connectivity index is 1.62. The van der Waals surface area contributed by atoms with Crippen LogP contribution in [-0.2, 0) is 16.4 Å². The highest BCUT2D eigenvalue weighted by molar-refractivity contribution is 7.89. The van der Waals surface area contributed by atoms with Crippen LogP contribution >= 0.6 is 11.6 Å². The molecule has 7 nitrogen and oxygen atoms in total. The second-order valence-corrected chi connectivity index (χ2v) is 9.18.